The molecule has 0 fully saturated rings. The second-order valence-corrected chi connectivity index (χ2v) is 12.5. The van der Waals surface area contributed by atoms with Crippen LogP contribution in [0.1, 0.15) is 35.3 Å². The summed E-state index contributed by atoms with van der Waals surface area (Å²) < 4.78 is 0. The van der Waals surface area contributed by atoms with Crippen molar-refractivity contribution in [2.75, 3.05) is 22.1 Å². The molecule has 0 saturated heterocycles. The zero-order valence-electron chi connectivity index (χ0n) is 21.7. The van der Waals surface area contributed by atoms with E-state index in [1.165, 1.54) is 22.7 Å². The van der Waals surface area contributed by atoms with Gasteiger partial charge in [0.05, 0.1) is 12.5 Å². The van der Waals surface area contributed by atoms with Crippen molar-refractivity contribution in [1.29, 1.82) is 0 Å². The monoisotopic (exact) mass is 584 g/mol. The Hall–Kier alpha value is -2.93. The van der Waals surface area contributed by atoms with Gasteiger partial charge in [0.15, 0.2) is 0 Å². The van der Waals surface area contributed by atoms with Gasteiger partial charge in [-0.1, -0.05) is 84.2 Å². The van der Waals surface area contributed by atoms with Crippen molar-refractivity contribution in [2.24, 2.45) is 11.8 Å². The summed E-state index contributed by atoms with van der Waals surface area (Å²) in [6.45, 7) is 2.03. The van der Waals surface area contributed by atoms with E-state index in [-0.39, 0.29) is 30.1 Å². The Labute approximate surface area is 240 Å². The fraction of sp³-hybridized carbons (Fsp3) is 0.407. The van der Waals surface area contributed by atoms with Crippen LogP contribution in [0.4, 0.5) is 10.3 Å². The second kappa shape index (κ2) is 15.0. The summed E-state index contributed by atoms with van der Waals surface area (Å²) in [5.41, 5.74) is 1.13. The van der Waals surface area contributed by atoms with E-state index < -0.39 is 6.10 Å². The van der Waals surface area contributed by atoms with Crippen molar-refractivity contribution < 1.29 is 14.7 Å². The van der Waals surface area contributed by atoms with Gasteiger partial charge in [0.2, 0.25) is 22.1 Å². The standard InChI is InChI=1S/C27H32N6O3S3/c1-18-7-5-6-10-20(18)21(34)17-23(36)29-27-33-31-25(39-27)14-16-37-15-13-24-30-32-26(38-24)28-22(35)12-11-19-8-3-2-4-9-19/h2-10,18,20-21,34H,11-17H2,1H3,(H,28,32,35)(H,29,33,36)/t18?,20?,21-/m1/s1. The van der Waals surface area contributed by atoms with Crippen LogP contribution < -0.4 is 10.6 Å². The normalized spacial score (nSPS) is 17.2. The van der Waals surface area contributed by atoms with Gasteiger partial charge < -0.3 is 15.7 Å². The van der Waals surface area contributed by atoms with Gasteiger partial charge in [-0.15, -0.1) is 20.4 Å². The molecule has 0 bridgehead atoms. The van der Waals surface area contributed by atoms with Gasteiger partial charge in [-0.05, 0) is 29.4 Å². The minimum absolute atomic E-state index is 0.0165. The van der Waals surface area contributed by atoms with Crippen molar-refractivity contribution in [3.8, 4) is 0 Å². The number of aliphatic hydroxyl groups is 1. The Balaban J connectivity index is 1.09. The second-order valence-electron chi connectivity index (χ2n) is 9.17. The first-order chi connectivity index (χ1) is 19.0. The Morgan fingerprint density at radius 3 is 2.15 bits per heavy atom. The summed E-state index contributed by atoms with van der Waals surface area (Å²) in [5.74, 6) is 1.53. The van der Waals surface area contributed by atoms with E-state index >= 15 is 0 Å². The number of allylic oxidation sites excluding steroid dienone is 3. The van der Waals surface area contributed by atoms with Crippen LogP contribution >= 0.6 is 34.4 Å². The number of carbonyl (C=O) groups is 2. The van der Waals surface area contributed by atoms with Crippen molar-refractivity contribution >= 4 is 56.5 Å². The first kappa shape index (κ1) is 29.1. The fourth-order valence-electron chi connectivity index (χ4n) is 4.03. The third-order valence-electron chi connectivity index (χ3n) is 6.14. The summed E-state index contributed by atoms with van der Waals surface area (Å²) in [5, 5.41) is 35.3. The molecule has 3 atom stereocenters. The predicted octanol–water partition coefficient (Wildman–Crippen LogP) is 4.55. The number of hydrogen-bond donors (Lipinski definition) is 3. The smallest absolute Gasteiger partial charge is 0.228 e. The van der Waals surface area contributed by atoms with Crippen LogP contribution in [-0.2, 0) is 28.9 Å². The molecule has 3 N–H and O–H groups in total. The van der Waals surface area contributed by atoms with Gasteiger partial charge in [0, 0.05) is 25.2 Å². The summed E-state index contributed by atoms with van der Waals surface area (Å²) in [6.07, 6.45) is 9.72. The fourth-order valence-corrected chi connectivity index (χ4v) is 6.67. The molecular formula is C27H32N6O3S3. The molecule has 4 rings (SSSR count). The highest BCUT2D eigenvalue weighted by Gasteiger charge is 2.25. The van der Waals surface area contributed by atoms with E-state index in [9.17, 15) is 14.7 Å². The molecule has 9 nitrogen and oxygen atoms in total. The summed E-state index contributed by atoms with van der Waals surface area (Å²) in [7, 11) is 0. The van der Waals surface area contributed by atoms with E-state index in [1.54, 1.807) is 11.8 Å². The Bertz CT molecular complexity index is 1280. The van der Waals surface area contributed by atoms with Gasteiger partial charge in [-0.3, -0.25) is 9.59 Å². The van der Waals surface area contributed by atoms with E-state index in [1.807, 2.05) is 61.6 Å². The van der Waals surface area contributed by atoms with Gasteiger partial charge in [-0.25, -0.2) is 0 Å². The predicted molar refractivity (Wildman–Crippen MR) is 158 cm³/mol. The van der Waals surface area contributed by atoms with Gasteiger partial charge in [-0.2, -0.15) is 11.8 Å². The quantitative estimate of drug-likeness (QED) is 0.235. The lowest BCUT2D eigenvalue weighted by Gasteiger charge is -2.25. The van der Waals surface area contributed by atoms with Crippen molar-refractivity contribution in [2.45, 2.75) is 45.1 Å². The Morgan fingerprint density at radius 2 is 1.51 bits per heavy atom. The Morgan fingerprint density at radius 1 is 0.897 bits per heavy atom. The number of benzene rings is 1. The van der Waals surface area contributed by atoms with Gasteiger partial charge in [0.25, 0.3) is 0 Å². The van der Waals surface area contributed by atoms with Crippen LogP contribution in [0.3, 0.4) is 0 Å². The first-order valence-electron chi connectivity index (χ1n) is 12.9. The number of thioether (sulfide) groups is 1. The molecule has 2 aromatic heterocycles. The number of rotatable bonds is 14. The molecule has 39 heavy (non-hydrogen) atoms. The number of nitrogens with one attached hydrogen (secondary N) is 2. The van der Waals surface area contributed by atoms with Crippen molar-refractivity contribution in [1.82, 2.24) is 20.4 Å². The number of aliphatic hydroxyl groups excluding tert-OH is 1. The van der Waals surface area contributed by atoms with E-state index in [4.69, 9.17) is 0 Å². The van der Waals surface area contributed by atoms with Crippen LogP contribution in [-0.4, -0.2) is 54.9 Å². The van der Waals surface area contributed by atoms with E-state index in [0.717, 1.165) is 39.9 Å². The molecular weight excluding hydrogens is 553 g/mol. The highest BCUT2D eigenvalue weighted by Crippen LogP contribution is 2.25. The summed E-state index contributed by atoms with van der Waals surface area (Å²) in [6, 6.07) is 9.92. The Kier molecular flexibility index (Phi) is 11.2. The number of hydrogen-bond acceptors (Lipinski definition) is 10. The molecule has 0 spiro atoms. The molecule has 2 unspecified atom stereocenters. The SMILES string of the molecule is CC1C=CC=CC1[C@H](O)CC(=O)Nc1nnc(CCSCCc2nnc(NC(=O)CCc3ccccc3)s2)s1. The number of aromatic nitrogens is 4. The maximum absolute atomic E-state index is 12.4. The maximum atomic E-state index is 12.4. The molecule has 3 aromatic rings. The lowest BCUT2D eigenvalue weighted by atomic mass is 9.84. The van der Waals surface area contributed by atoms with E-state index in [0.29, 0.717) is 23.1 Å². The molecule has 206 valence electrons. The zero-order valence-corrected chi connectivity index (χ0v) is 24.1. The highest BCUT2D eigenvalue weighted by molar-refractivity contribution is 7.99. The van der Waals surface area contributed by atoms with Crippen LogP contribution in [0, 0.1) is 11.8 Å². The van der Waals surface area contributed by atoms with Crippen LogP contribution in [0.25, 0.3) is 0 Å². The van der Waals surface area contributed by atoms with E-state index in [2.05, 4.69) is 31.0 Å². The summed E-state index contributed by atoms with van der Waals surface area (Å²) in [4.78, 5) is 24.5. The van der Waals surface area contributed by atoms with Crippen LogP contribution in [0.2, 0.25) is 0 Å². The van der Waals surface area contributed by atoms with Crippen molar-refractivity contribution in [3.05, 3.63) is 70.2 Å². The van der Waals surface area contributed by atoms with Crippen molar-refractivity contribution in [3.63, 3.8) is 0 Å². The molecule has 1 aliphatic rings. The average molecular weight is 585 g/mol. The lowest BCUT2D eigenvalue weighted by molar-refractivity contribution is -0.118. The molecule has 2 heterocycles. The number of amides is 2. The number of aryl methyl sites for hydroxylation is 3. The summed E-state index contributed by atoms with van der Waals surface area (Å²) >= 11 is 4.54. The first-order valence-corrected chi connectivity index (χ1v) is 15.6. The molecule has 0 radical (unpaired) electrons. The number of nitrogens with zero attached hydrogens (tertiary/aromatic N) is 4. The lowest BCUT2D eigenvalue weighted by Crippen LogP contribution is -2.29. The maximum Gasteiger partial charge on any atom is 0.228 e. The molecule has 0 saturated carbocycles. The third-order valence-corrected chi connectivity index (χ3v) is 8.92. The van der Waals surface area contributed by atoms with Crippen LogP contribution in [0.15, 0.2) is 54.6 Å². The average Bonchev–Trinajstić information content (AvgIpc) is 3.57. The number of anilines is 2. The molecule has 0 aliphatic heterocycles. The zero-order chi connectivity index (χ0) is 27.5. The number of carbonyl (C=O) groups excluding carboxylic acids is 2. The molecule has 1 aliphatic carbocycles. The third kappa shape index (κ3) is 9.64. The molecule has 1 aromatic carbocycles. The minimum atomic E-state index is -0.745. The topological polar surface area (TPSA) is 130 Å². The highest BCUT2D eigenvalue weighted by atomic mass is 32.2. The minimum Gasteiger partial charge on any atom is -0.392 e. The van der Waals surface area contributed by atoms with Crippen LogP contribution in [0.5, 0.6) is 0 Å². The van der Waals surface area contributed by atoms with Gasteiger partial charge >= 0.3 is 0 Å². The van der Waals surface area contributed by atoms with Gasteiger partial charge in [0.1, 0.15) is 10.0 Å². The largest absolute Gasteiger partial charge is 0.392 e. The molecule has 12 heteroatoms. The molecule has 2 amide bonds.